The van der Waals surface area contributed by atoms with Gasteiger partial charge in [-0.25, -0.2) is 18.1 Å². The maximum atomic E-state index is 15.4. The minimum absolute atomic E-state index is 0.0488. The van der Waals surface area contributed by atoms with Gasteiger partial charge in [0.05, 0.1) is 18.9 Å². The first-order valence-electron chi connectivity index (χ1n) is 12.9. The second kappa shape index (κ2) is 12.4. The molecule has 2 aromatic carbocycles. The molecule has 0 aliphatic carbocycles. The zero-order valence-corrected chi connectivity index (χ0v) is 24.1. The van der Waals surface area contributed by atoms with E-state index >= 15 is 8.78 Å². The Labute approximate surface area is 245 Å². The van der Waals surface area contributed by atoms with Crippen LogP contribution in [0.4, 0.5) is 22.0 Å². The Morgan fingerprint density at radius 3 is 2.45 bits per heavy atom. The molecule has 18 heteroatoms. The third-order valence-electron chi connectivity index (χ3n) is 6.54. The maximum absolute atomic E-state index is 15.4. The molecule has 0 amide bonds. The van der Waals surface area contributed by atoms with Gasteiger partial charge in [0.2, 0.25) is 11.4 Å². The molecular formula is C26H27F5N3O9P. The van der Waals surface area contributed by atoms with E-state index in [0.717, 1.165) is 12.3 Å². The number of halogens is 5. The Kier molecular flexibility index (Phi) is 9.38. The summed E-state index contributed by atoms with van der Waals surface area (Å²) in [4.78, 5) is 37.4. The van der Waals surface area contributed by atoms with Crippen LogP contribution in [0.1, 0.15) is 27.0 Å². The highest BCUT2D eigenvalue weighted by atomic mass is 31.2. The molecular weight excluding hydrogens is 624 g/mol. The van der Waals surface area contributed by atoms with Crippen molar-refractivity contribution in [3.63, 3.8) is 0 Å². The average molecular weight is 651 g/mol. The second-order valence-corrected chi connectivity index (χ2v) is 11.8. The van der Waals surface area contributed by atoms with Crippen LogP contribution in [-0.4, -0.2) is 63.4 Å². The van der Waals surface area contributed by atoms with Crippen LogP contribution in [-0.2, 0) is 23.4 Å². The van der Waals surface area contributed by atoms with E-state index in [2.05, 4.69) is 5.09 Å². The van der Waals surface area contributed by atoms with E-state index in [1.807, 2.05) is 0 Å². The van der Waals surface area contributed by atoms with Crippen molar-refractivity contribution in [2.75, 3.05) is 6.61 Å². The lowest BCUT2D eigenvalue weighted by Gasteiger charge is -2.34. The number of carbonyl (C=O) groups is 1. The number of hydrogen-bond donors (Lipinski definition) is 3. The first-order valence-corrected chi connectivity index (χ1v) is 14.5. The van der Waals surface area contributed by atoms with E-state index in [4.69, 9.17) is 18.5 Å². The SMILES string of the molecule is CC(C)OC(=O)C(C)NP(=O)(OCC1(C(F)F)OC(n2cc(F)c(=O)[nH]c2=O)C(O)C1(F)F)Oc1ccc2ccccc2c1. The van der Waals surface area contributed by atoms with Crippen LogP contribution in [0.15, 0.2) is 58.3 Å². The van der Waals surface area contributed by atoms with E-state index in [-0.39, 0.29) is 16.5 Å². The minimum atomic E-state index is -5.05. The van der Waals surface area contributed by atoms with Crippen molar-refractivity contribution in [1.29, 1.82) is 0 Å². The van der Waals surface area contributed by atoms with Gasteiger partial charge in [-0.05, 0) is 43.7 Å². The lowest BCUT2D eigenvalue weighted by Crippen LogP contribution is -2.57. The summed E-state index contributed by atoms with van der Waals surface area (Å²) in [7, 11) is -5.05. The van der Waals surface area contributed by atoms with Gasteiger partial charge in [-0.3, -0.25) is 23.7 Å². The number of aromatic amines is 1. The molecule has 1 aliphatic heterocycles. The number of nitrogens with zero attached hydrogens (tertiary/aromatic N) is 1. The first-order chi connectivity index (χ1) is 20.5. The van der Waals surface area contributed by atoms with Crippen molar-refractivity contribution >= 4 is 24.5 Å². The Morgan fingerprint density at radius 2 is 1.82 bits per heavy atom. The fourth-order valence-corrected chi connectivity index (χ4v) is 5.81. The minimum Gasteiger partial charge on any atom is -0.462 e. The molecule has 3 N–H and O–H groups in total. The van der Waals surface area contributed by atoms with E-state index in [1.54, 1.807) is 30.3 Å². The molecule has 2 heterocycles. The van der Waals surface area contributed by atoms with Gasteiger partial charge in [-0.15, -0.1) is 0 Å². The molecule has 0 saturated carbocycles. The zero-order valence-electron chi connectivity index (χ0n) is 23.2. The summed E-state index contributed by atoms with van der Waals surface area (Å²) in [6.45, 7) is 2.24. The van der Waals surface area contributed by atoms with Gasteiger partial charge in [0.15, 0.2) is 12.3 Å². The molecule has 0 bridgehead atoms. The molecule has 1 saturated heterocycles. The largest absolute Gasteiger partial charge is 0.462 e. The molecule has 12 nitrogen and oxygen atoms in total. The summed E-state index contributed by atoms with van der Waals surface area (Å²) in [6.07, 6.45) is -10.6. The molecule has 4 rings (SSSR count). The first kappa shape index (κ1) is 33.3. The van der Waals surface area contributed by atoms with E-state index in [0.29, 0.717) is 5.39 Å². The highest BCUT2D eigenvalue weighted by molar-refractivity contribution is 7.52. The molecule has 1 aliphatic rings. The van der Waals surface area contributed by atoms with Gasteiger partial charge in [0, 0.05) is 0 Å². The van der Waals surface area contributed by atoms with E-state index in [1.165, 1.54) is 31.0 Å². The standard InChI is InChI=1S/C26H27F5N3O9P/c1-13(2)41-22(37)14(3)33-44(39,43-17-9-8-15-6-4-5-7-16(15)10-17)40-12-25(23(28)29)26(30,31)19(35)21(42-25)34-11-18(27)20(36)32-24(34)38/h4-11,13-14,19,21,23,35H,12H2,1-3H3,(H,33,39)(H,32,36,38). The number of aromatic nitrogens is 2. The van der Waals surface area contributed by atoms with E-state index < -0.39 is 79.8 Å². The average Bonchev–Trinajstić information content (AvgIpc) is 3.14. The highest BCUT2D eigenvalue weighted by Gasteiger charge is 2.74. The number of rotatable bonds is 11. The number of esters is 1. The van der Waals surface area contributed by atoms with E-state index in [9.17, 15) is 37.2 Å². The van der Waals surface area contributed by atoms with Crippen molar-refractivity contribution < 1.29 is 54.9 Å². The van der Waals surface area contributed by atoms with Gasteiger partial charge in [0.25, 0.3) is 12.0 Å². The summed E-state index contributed by atoms with van der Waals surface area (Å²) < 4.78 is 108. The van der Waals surface area contributed by atoms with Gasteiger partial charge in [-0.2, -0.15) is 18.3 Å². The third kappa shape index (κ3) is 6.42. The quantitative estimate of drug-likeness (QED) is 0.159. The van der Waals surface area contributed by atoms with Crippen molar-refractivity contribution in [2.45, 2.75) is 63.2 Å². The van der Waals surface area contributed by atoms with Crippen LogP contribution >= 0.6 is 7.75 Å². The second-order valence-electron chi connectivity index (χ2n) is 10.1. The van der Waals surface area contributed by atoms with Crippen molar-refractivity contribution in [1.82, 2.24) is 14.6 Å². The summed E-state index contributed by atoms with van der Waals surface area (Å²) in [5, 5.41) is 13.8. The number of fused-ring (bicyclic) bond motifs is 1. The number of ether oxygens (including phenoxy) is 2. The summed E-state index contributed by atoms with van der Waals surface area (Å²) >= 11 is 0. The Balaban J connectivity index is 1.70. The molecule has 5 atom stereocenters. The van der Waals surface area contributed by atoms with Crippen molar-refractivity contribution in [3.05, 3.63) is 75.3 Å². The fraction of sp³-hybridized carbons (Fsp3) is 0.423. The van der Waals surface area contributed by atoms with Crippen LogP contribution in [0.2, 0.25) is 0 Å². The molecule has 5 unspecified atom stereocenters. The van der Waals surface area contributed by atoms with Gasteiger partial charge in [-0.1, -0.05) is 30.3 Å². The Morgan fingerprint density at radius 1 is 1.16 bits per heavy atom. The van der Waals surface area contributed by atoms with Crippen LogP contribution in [0, 0.1) is 5.82 Å². The predicted molar refractivity (Wildman–Crippen MR) is 143 cm³/mol. The molecule has 0 radical (unpaired) electrons. The molecule has 3 aromatic rings. The van der Waals surface area contributed by atoms with Gasteiger partial charge in [0.1, 0.15) is 11.8 Å². The summed E-state index contributed by atoms with van der Waals surface area (Å²) in [6, 6.07) is 9.57. The number of hydrogen-bond acceptors (Lipinski definition) is 9. The number of carbonyl (C=O) groups excluding carboxylic acids is 1. The topological polar surface area (TPSA) is 158 Å². The molecule has 1 fully saturated rings. The highest BCUT2D eigenvalue weighted by Crippen LogP contribution is 2.54. The summed E-state index contributed by atoms with van der Waals surface area (Å²) in [5.74, 6) is -7.77. The number of aliphatic hydroxyl groups excluding tert-OH is 1. The van der Waals surface area contributed by atoms with Gasteiger partial charge < -0.3 is 19.1 Å². The lowest BCUT2D eigenvalue weighted by atomic mass is 9.95. The normalized spacial score (nSPS) is 23.5. The maximum Gasteiger partial charge on any atom is 0.459 e. The zero-order chi connectivity index (χ0) is 32.6. The smallest absolute Gasteiger partial charge is 0.459 e. The number of H-pyrrole nitrogens is 1. The number of nitrogens with one attached hydrogen (secondary N) is 2. The van der Waals surface area contributed by atoms with Crippen LogP contribution in [0.3, 0.4) is 0 Å². The third-order valence-corrected chi connectivity index (χ3v) is 8.16. The van der Waals surface area contributed by atoms with Crippen molar-refractivity contribution in [3.8, 4) is 5.75 Å². The Bertz CT molecular complexity index is 1700. The van der Waals surface area contributed by atoms with Gasteiger partial charge >= 0.3 is 25.3 Å². The number of aliphatic hydroxyl groups is 1. The van der Waals surface area contributed by atoms with Crippen LogP contribution in [0.25, 0.3) is 10.8 Å². The monoisotopic (exact) mass is 651 g/mol. The molecule has 1 aromatic heterocycles. The molecule has 0 spiro atoms. The lowest BCUT2D eigenvalue weighted by molar-refractivity contribution is -0.242. The fourth-order valence-electron chi connectivity index (χ4n) is 4.29. The number of alkyl halides is 4. The molecule has 44 heavy (non-hydrogen) atoms. The molecule has 240 valence electrons. The van der Waals surface area contributed by atoms with Crippen LogP contribution in [0.5, 0.6) is 5.75 Å². The predicted octanol–water partition coefficient (Wildman–Crippen LogP) is 3.49. The van der Waals surface area contributed by atoms with Crippen molar-refractivity contribution in [2.24, 2.45) is 0 Å². The van der Waals surface area contributed by atoms with Crippen LogP contribution < -0.4 is 20.9 Å². The Hall–Kier alpha value is -3.63. The number of benzene rings is 2. The summed E-state index contributed by atoms with van der Waals surface area (Å²) in [5.41, 5.74) is -7.21.